The van der Waals surface area contributed by atoms with Crippen molar-refractivity contribution in [1.29, 1.82) is 0 Å². The summed E-state index contributed by atoms with van der Waals surface area (Å²) in [5.41, 5.74) is 1.46. The molecule has 204 valence electrons. The van der Waals surface area contributed by atoms with Gasteiger partial charge < -0.3 is 20.3 Å². The van der Waals surface area contributed by atoms with E-state index >= 15 is 0 Å². The van der Waals surface area contributed by atoms with Crippen molar-refractivity contribution in [1.82, 2.24) is 25.0 Å². The number of halogens is 2. The summed E-state index contributed by atoms with van der Waals surface area (Å²) in [6.07, 6.45) is -0.763. The molecule has 2 heterocycles. The van der Waals surface area contributed by atoms with Crippen LogP contribution in [0.1, 0.15) is 63.5 Å². The minimum absolute atomic E-state index is 0.0118. The number of hydrogen-bond donors (Lipinski definition) is 3. The highest BCUT2D eigenvalue weighted by molar-refractivity contribution is 7.99. The first-order valence-electron chi connectivity index (χ1n) is 12.8. The predicted molar refractivity (Wildman–Crippen MR) is 136 cm³/mol. The van der Waals surface area contributed by atoms with Crippen molar-refractivity contribution in [2.75, 3.05) is 11.1 Å². The number of rotatable bonds is 10. The Morgan fingerprint density at radius 2 is 1.97 bits per heavy atom. The van der Waals surface area contributed by atoms with Crippen LogP contribution in [0.15, 0.2) is 23.4 Å². The summed E-state index contributed by atoms with van der Waals surface area (Å²) >= 11 is 1.46. The summed E-state index contributed by atoms with van der Waals surface area (Å²) < 4.78 is 34.0. The zero-order valence-electron chi connectivity index (χ0n) is 21.0. The van der Waals surface area contributed by atoms with Crippen LogP contribution in [0.4, 0.5) is 14.6 Å². The van der Waals surface area contributed by atoms with Crippen LogP contribution in [-0.2, 0) is 9.53 Å². The maximum absolute atomic E-state index is 13.7. The zero-order valence-corrected chi connectivity index (χ0v) is 21.9. The number of nitrogens with zero attached hydrogens (tertiary/aromatic N) is 5. The molecule has 2 aromatic heterocycles. The van der Waals surface area contributed by atoms with Crippen molar-refractivity contribution in [3.8, 4) is 0 Å². The van der Waals surface area contributed by atoms with Gasteiger partial charge >= 0.3 is 5.97 Å². The first-order chi connectivity index (χ1) is 18.3. The minimum atomic E-state index is -1.27. The second-order valence-electron chi connectivity index (χ2n) is 9.74. The minimum Gasteiger partial charge on any atom is -0.459 e. The number of aliphatic hydroxyl groups excluding tert-OH is 2. The second-order valence-corrected chi connectivity index (χ2v) is 10.8. The van der Waals surface area contributed by atoms with Crippen LogP contribution >= 0.6 is 11.8 Å². The standard InChI is InChI=1S/C25H30F2N6O4S/c1-3-5-19(34)37-18-11-17(21(35)22(18)36)33-24-20(31-32-33)23(29-25(30-24)38-8-4-2)28-16-10-13(16)12-6-7-14(26)15(27)9-12/h6-7,9,13,16-18,21-22,35-36H,3-5,8,10-11H2,1-2H3,(H,28,29,30)/t13-,16+,17+,18-,21-,22+/m0/s1. The Morgan fingerprint density at radius 1 is 1.16 bits per heavy atom. The lowest BCUT2D eigenvalue weighted by atomic mass is 10.1. The number of anilines is 1. The summed E-state index contributed by atoms with van der Waals surface area (Å²) in [6.45, 7) is 3.90. The third kappa shape index (κ3) is 5.32. The summed E-state index contributed by atoms with van der Waals surface area (Å²) in [6, 6.07) is 3.15. The number of carbonyl (C=O) groups excluding carboxylic acids is 1. The molecular formula is C25H30F2N6O4S. The van der Waals surface area contributed by atoms with Crippen molar-refractivity contribution in [3.63, 3.8) is 0 Å². The van der Waals surface area contributed by atoms with Gasteiger partial charge in [0, 0.05) is 30.6 Å². The third-order valence-electron chi connectivity index (χ3n) is 6.87. The van der Waals surface area contributed by atoms with E-state index in [1.807, 2.05) is 13.8 Å². The molecule has 0 saturated heterocycles. The lowest BCUT2D eigenvalue weighted by molar-refractivity contribution is -0.155. The van der Waals surface area contributed by atoms with Gasteiger partial charge in [-0.05, 0) is 37.0 Å². The molecular weight excluding hydrogens is 518 g/mol. The Balaban J connectivity index is 1.41. The molecule has 10 nitrogen and oxygen atoms in total. The highest BCUT2D eigenvalue weighted by Gasteiger charge is 2.46. The largest absolute Gasteiger partial charge is 0.459 e. The number of thioether (sulfide) groups is 1. The van der Waals surface area contributed by atoms with Crippen LogP contribution in [0.5, 0.6) is 0 Å². The monoisotopic (exact) mass is 548 g/mol. The van der Waals surface area contributed by atoms with Crippen molar-refractivity contribution < 1.29 is 28.5 Å². The average molecular weight is 549 g/mol. The molecule has 3 N–H and O–H groups in total. The van der Waals surface area contributed by atoms with E-state index in [-0.39, 0.29) is 24.8 Å². The molecule has 0 bridgehead atoms. The van der Waals surface area contributed by atoms with E-state index in [2.05, 4.69) is 25.6 Å². The molecule has 3 aromatic rings. The van der Waals surface area contributed by atoms with Crippen LogP contribution in [-0.4, -0.2) is 71.3 Å². The number of esters is 1. The third-order valence-corrected chi connectivity index (χ3v) is 7.93. The Kier molecular flexibility index (Phi) is 7.78. The van der Waals surface area contributed by atoms with E-state index in [1.165, 1.54) is 22.5 Å². The van der Waals surface area contributed by atoms with Crippen molar-refractivity contribution in [2.24, 2.45) is 0 Å². The van der Waals surface area contributed by atoms with Crippen LogP contribution in [0.25, 0.3) is 11.2 Å². The SMILES string of the molecule is CCCSc1nc(N[C@@H]2C[C@H]2c2ccc(F)c(F)c2)c2nnn([C@@H]3C[C@H](OC(=O)CCC)[C@@H](O)[C@H]3O)c2n1. The number of aromatic nitrogens is 5. The summed E-state index contributed by atoms with van der Waals surface area (Å²) in [4.78, 5) is 21.3. The van der Waals surface area contributed by atoms with Gasteiger partial charge in [0.1, 0.15) is 18.3 Å². The van der Waals surface area contributed by atoms with Gasteiger partial charge in [-0.1, -0.05) is 36.9 Å². The molecule has 2 aliphatic rings. The number of hydrogen-bond acceptors (Lipinski definition) is 10. The molecule has 5 rings (SSSR count). The smallest absolute Gasteiger partial charge is 0.306 e. The maximum Gasteiger partial charge on any atom is 0.306 e. The molecule has 1 aromatic carbocycles. The number of carbonyl (C=O) groups is 1. The van der Waals surface area contributed by atoms with Crippen molar-refractivity contribution in [2.45, 2.75) is 87.4 Å². The van der Waals surface area contributed by atoms with Gasteiger partial charge in [0.25, 0.3) is 0 Å². The summed E-state index contributed by atoms with van der Waals surface area (Å²) in [5.74, 6) is -0.966. The quantitative estimate of drug-likeness (QED) is 0.197. The van der Waals surface area contributed by atoms with E-state index in [9.17, 15) is 23.8 Å². The van der Waals surface area contributed by atoms with Gasteiger partial charge in [-0.2, -0.15) is 0 Å². The van der Waals surface area contributed by atoms with Crippen molar-refractivity contribution in [3.05, 3.63) is 35.4 Å². The van der Waals surface area contributed by atoms with Crippen LogP contribution in [0.2, 0.25) is 0 Å². The average Bonchev–Trinajstić information content (AvgIpc) is 3.44. The van der Waals surface area contributed by atoms with Crippen LogP contribution in [0.3, 0.4) is 0 Å². The lowest BCUT2D eigenvalue weighted by Crippen LogP contribution is -2.34. The molecule has 2 fully saturated rings. The maximum atomic E-state index is 13.7. The molecule has 0 unspecified atom stereocenters. The molecule has 2 saturated carbocycles. The van der Waals surface area contributed by atoms with Gasteiger partial charge in [-0.15, -0.1) is 5.10 Å². The van der Waals surface area contributed by atoms with Gasteiger partial charge in [-0.25, -0.2) is 23.4 Å². The molecule has 0 radical (unpaired) electrons. The first kappa shape index (κ1) is 26.7. The van der Waals surface area contributed by atoms with Gasteiger partial charge in [0.15, 0.2) is 33.8 Å². The second kappa shape index (κ2) is 11.1. The van der Waals surface area contributed by atoms with E-state index in [1.54, 1.807) is 6.07 Å². The Bertz CT molecular complexity index is 1330. The van der Waals surface area contributed by atoms with Crippen LogP contribution < -0.4 is 5.32 Å². The topological polar surface area (TPSA) is 135 Å². The number of fused-ring (bicyclic) bond motifs is 1. The van der Waals surface area contributed by atoms with Crippen molar-refractivity contribution >= 4 is 34.7 Å². The molecule has 0 aliphatic heterocycles. The summed E-state index contributed by atoms with van der Waals surface area (Å²) in [7, 11) is 0. The highest BCUT2D eigenvalue weighted by Crippen LogP contribution is 2.44. The zero-order chi connectivity index (χ0) is 27.0. The molecule has 38 heavy (non-hydrogen) atoms. The fourth-order valence-corrected chi connectivity index (χ4v) is 5.49. The number of ether oxygens (including phenoxy) is 1. The Morgan fingerprint density at radius 3 is 2.71 bits per heavy atom. The highest BCUT2D eigenvalue weighted by atomic mass is 32.2. The molecule has 0 spiro atoms. The number of aliphatic hydroxyl groups is 2. The molecule has 13 heteroatoms. The van der Waals surface area contributed by atoms with Gasteiger partial charge in [-0.3, -0.25) is 4.79 Å². The van der Waals surface area contributed by atoms with E-state index in [0.29, 0.717) is 40.5 Å². The lowest BCUT2D eigenvalue weighted by Gasteiger charge is -2.17. The van der Waals surface area contributed by atoms with Gasteiger partial charge in [0.05, 0.1) is 6.04 Å². The number of nitrogens with one attached hydrogen (secondary N) is 1. The number of benzene rings is 1. The normalized spacial score (nSPS) is 26.6. The van der Waals surface area contributed by atoms with Crippen LogP contribution in [0, 0.1) is 11.6 Å². The van der Waals surface area contributed by atoms with Gasteiger partial charge in [0.2, 0.25) is 0 Å². The Hall–Kier alpha value is -2.90. The van der Waals surface area contributed by atoms with E-state index in [0.717, 1.165) is 18.2 Å². The molecule has 2 aliphatic carbocycles. The van der Waals surface area contributed by atoms with E-state index in [4.69, 9.17) is 4.74 Å². The molecule has 0 amide bonds. The summed E-state index contributed by atoms with van der Waals surface area (Å²) in [5, 5.41) is 33.7. The predicted octanol–water partition coefficient (Wildman–Crippen LogP) is 3.35. The van der Waals surface area contributed by atoms with E-state index < -0.39 is 42.0 Å². The fraction of sp³-hybridized carbons (Fsp3) is 0.560. The first-order valence-corrected chi connectivity index (χ1v) is 13.8. The molecule has 6 atom stereocenters. The fourth-order valence-electron chi connectivity index (χ4n) is 4.79. The Labute approximate surface area is 222 Å².